The molecule has 4 rings (SSSR count). The number of aliphatic hydroxyl groups excluding tert-OH is 1. The van der Waals surface area contributed by atoms with Gasteiger partial charge in [0.15, 0.2) is 0 Å². The van der Waals surface area contributed by atoms with Crippen LogP contribution in [0.2, 0.25) is 0 Å². The molecule has 1 atom stereocenters. The quantitative estimate of drug-likeness (QED) is 0.785. The number of nitrogens with zero attached hydrogens (tertiary/aromatic N) is 1. The summed E-state index contributed by atoms with van der Waals surface area (Å²) in [7, 11) is 0. The minimum atomic E-state index is -0.765. The zero-order valence-electron chi connectivity index (χ0n) is 13.1. The third-order valence-electron chi connectivity index (χ3n) is 4.23. The van der Waals surface area contributed by atoms with Crippen LogP contribution < -0.4 is 9.64 Å². The second-order valence-electron chi connectivity index (χ2n) is 5.87. The van der Waals surface area contributed by atoms with E-state index in [1.165, 1.54) is 0 Å². The van der Waals surface area contributed by atoms with Crippen molar-refractivity contribution < 1.29 is 14.6 Å². The molecule has 3 aromatic rings. The Kier molecular flexibility index (Phi) is 3.67. The van der Waals surface area contributed by atoms with Crippen molar-refractivity contribution >= 4 is 22.4 Å². The van der Waals surface area contributed by atoms with Gasteiger partial charge in [-0.25, -0.2) is 0 Å². The average Bonchev–Trinajstić information content (AvgIpc) is 2.89. The van der Waals surface area contributed by atoms with E-state index in [1.54, 1.807) is 4.90 Å². The maximum atomic E-state index is 12.7. The fourth-order valence-corrected chi connectivity index (χ4v) is 3.13. The van der Waals surface area contributed by atoms with E-state index in [9.17, 15) is 9.90 Å². The first kappa shape index (κ1) is 14.7. The molecule has 24 heavy (non-hydrogen) atoms. The molecular weight excluding hydrogens is 302 g/mol. The van der Waals surface area contributed by atoms with Gasteiger partial charge in [0.25, 0.3) is 5.91 Å². The van der Waals surface area contributed by atoms with Crippen LogP contribution >= 0.6 is 0 Å². The number of hydrogen-bond donors (Lipinski definition) is 1. The van der Waals surface area contributed by atoms with E-state index in [4.69, 9.17) is 4.74 Å². The number of carbonyl (C=O) groups excluding carboxylic acids is 1. The molecule has 0 radical (unpaired) electrons. The minimum Gasteiger partial charge on any atom is -0.491 e. The van der Waals surface area contributed by atoms with Crippen LogP contribution in [0.3, 0.4) is 0 Å². The molecule has 3 aromatic carbocycles. The highest BCUT2D eigenvalue weighted by molar-refractivity contribution is 6.25. The zero-order valence-corrected chi connectivity index (χ0v) is 13.1. The van der Waals surface area contributed by atoms with Gasteiger partial charge in [-0.15, -0.1) is 0 Å². The van der Waals surface area contributed by atoms with E-state index in [0.29, 0.717) is 11.3 Å². The van der Waals surface area contributed by atoms with Crippen LogP contribution in [0.4, 0.5) is 5.69 Å². The largest absolute Gasteiger partial charge is 0.491 e. The van der Waals surface area contributed by atoms with Crippen molar-refractivity contribution in [1.82, 2.24) is 0 Å². The van der Waals surface area contributed by atoms with Crippen LogP contribution in [0, 0.1) is 0 Å². The number of carbonyl (C=O) groups is 1. The Hall–Kier alpha value is -2.85. The maximum Gasteiger partial charge on any atom is 0.259 e. The van der Waals surface area contributed by atoms with Crippen LogP contribution in [0.5, 0.6) is 5.75 Å². The van der Waals surface area contributed by atoms with Crippen LogP contribution in [0.1, 0.15) is 10.4 Å². The summed E-state index contributed by atoms with van der Waals surface area (Å²) in [5.74, 6) is 0.634. The highest BCUT2D eigenvalue weighted by atomic mass is 16.5. The third-order valence-corrected chi connectivity index (χ3v) is 4.23. The molecule has 4 heteroatoms. The average molecular weight is 319 g/mol. The second-order valence-corrected chi connectivity index (χ2v) is 5.87. The summed E-state index contributed by atoms with van der Waals surface area (Å²) in [6.07, 6.45) is -0.765. The predicted octanol–water partition coefficient (Wildman–Crippen LogP) is 3.24. The summed E-state index contributed by atoms with van der Waals surface area (Å²) in [5.41, 5.74) is 1.55. The highest BCUT2D eigenvalue weighted by Crippen LogP contribution is 2.37. The molecule has 1 aliphatic heterocycles. The molecule has 1 N–H and O–H groups in total. The van der Waals surface area contributed by atoms with Gasteiger partial charge in [0.2, 0.25) is 0 Å². The third kappa shape index (κ3) is 2.51. The van der Waals surface area contributed by atoms with Crippen molar-refractivity contribution in [3.8, 4) is 5.75 Å². The fraction of sp³-hybridized carbons (Fsp3) is 0.150. The Morgan fingerprint density at radius 2 is 1.71 bits per heavy atom. The molecule has 0 aromatic heterocycles. The number of benzene rings is 3. The molecule has 0 bridgehead atoms. The Morgan fingerprint density at radius 1 is 0.958 bits per heavy atom. The Morgan fingerprint density at radius 3 is 2.50 bits per heavy atom. The summed E-state index contributed by atoms with van der Waals surface area (Å²) in [6, 6.07) is 20.9. The maximum absolute atomic E-state index is 12.7. The minimum absolute atomic E-state index is 0.0689. The first-order chi connectivity index (χ1) is 11.7. The molecule has 0 saturated heterocycles. The van der Waals surface area contributed by atoms with Crippen molar-refractivity contribution in [2.45, 2.75) is 6.10 Å². The SMILES string of the molecule is O=C1c2cccc3cccc(c23)N1CC(O)COc1ccccc1. The monoisotopic (exact) mass is 319 g/mol. The van der Waals surface area contributed by atoms with Gasteiger partial charge in [0.05, 0.1) is 12.2 Å². The van der Waals surface area contributed by atoms with Gasteiger partial charge in [0, 0.05) is 10.9 Å². The van der Waals surface area contributed by atoms with E-state index < -0.39 is 6.10 Å². The van der Waals surface area contributed by atoms with Gasteiger partial charge >= 0.3 is 0 Å². The molecule has 0 aliphatic carbocycles. The lowest BCUT2D eigenvalue weighted by Crippen LogP contribution is -2.37. The van der Waals surface area contributed by atoms with Crippen molar-refractivity contribution in [1.29, 1.82) is 0 Å². The molecule has 0 spiro atoms. The lowest BCUT2D eigenvalue weighted by molar-refractivity contribution is 0.0914. The van der Waals surface area contributed by atoms with Gasteiger partial charge in [-0.2, -0.15) is 0 Å². The summed E-state index contributed by atoms with van der Waals surface area (Å²) in [5, 5.41) is 12.3. The van der Waals surface area contributed by atoms with Gasteiger partial charge in [-0.05, 0) is 29.7 Å². The lowest BCUT2D eigenvalue weighted by Gasteiger charge is -2.21. The number of para-hydroxylation sites is 1. The van der Waals surface area contributed by atoms with Crippen LogP contribution in [-0.4, -0.2) is 30.3 Å². The van der Waals surface area contributed by atoms with Gasteiger partial charge in [0.1, 0.15) is 18.5 Å². The molecule has 0 fully saturated rings. The number of rotatable bonds is 5. The van der Waals surface area contributed by atoms with E-state index in [0.717, 1.165) is 16.5 Å². The molecule has 4 nitrogen and oxygen atoms in total. The lowest BCUT2D eigenvalue weighted by atomic mass is 10.1. The molecule has 120 valence electrons. The first-order valence-corrected chi connectivity index (χ1v) is 7.93. The van der Waals surface area contributed by atoms with Gasteiger partial charge in [-0.3, -0.25) is 4.79 Å². The normalized spacial score (nSPS) is 14.2. The van der Waals surface area contributed by atoms with Gasteiger partial charge < -0.3 is 14.7 Å². The zero-order chi connectivity index (χ0) is 16.5. The summed E-state index contributed by atoms with van der Waals surface area (Å²) in [4.78, 5) is 14.3. The van der Waals surface area contributed by atoms with Crippen LogP contribution in [0.15, 0.2) is 66.7 Å². The van der Waals surface area contributed by atoms with Crippen molar-refractivity contribution in [2.24, 2.45) is 0 Å². The second kappa shape index (κ2) is 5.98. The van der Waals surface area contributed by atoms with Crippen molar-refractivity contribution in [2.75, 3.05) is 18.1 Å². The van der Waals surface area contributed by atoms with Crippen molar-refractivity contribution in [3.05, 3.63) is 72.3 Å². The van der Waals surface area contributed by atoms with E-state index in [-0.39, 0.29) is 19.1 Å². The van der Waals surface area contributed by atoms with Crippen molar-refractivity contribution in [3.63, 3.8) is 0 Å². The van der Waals surface area contributed by atoms with E-state index in [1.807, 2.05) is 66.7 Å². The number of β-amino-alcohol motifs (C(OH)–C–C–N with tert-alkyl or cyclic N) is 1. The number of amides is 1. The molecule has 0 saturated carbocycles. The summed E-state index contributed by atoms with van der Waals surface area (Å²) >= 11 is 0. The van der Waals surface area contributed by atoms with Crippen LogP contribution in [-0.2, 0) is 0 Å². The van der Waals surface area contributed by atoms with E-state index >= 15 is 0 Å². The molecular formula is C20H17NO3. The Balaban J connectivity index is 1.51. The van der Waals surface area contributed by atoms with Gasteiger partial charge in [-0.1, -0.05) is 42.5 Å². The molecule has 1 unspecified atom stereocenters. The topological polar surface area (TPSA) is 49.8 Å². The molecule has 1 amide bonds. The van der Waals surface area contributed by atoms with E-state index in [2.05, 4.69) is 0 Å². The number of anilines is 1. The first-order valence-electron chi connectivity index (χ1n) is 7.93. The smallest absolute Gasteiger partial charge is 0.259 e. The summed E-state index contributed by atoms with van der Waals surface area (Å²) in [6.45, 7) is 0.347. The Labute approximate surface area is 139 Å². The standard InChI is InChI=1S/C20H17NO3/c22-15(13-24-16-8-2-1-3-9-16)12-21-18-11-5-7-14-6-4-10-17(19(14)18)20(21)23/h1-11,15,22H,12-13H2. The predicted molar refractivity (Wildman–Crippen MR) is 93.6 cm³/mol. The highest BCUT2D eigenvalue weighted by Gasteiger charge is 2.30. The number of ether oxygens (including phenoxy) is 1. The summed E-state index contributed by atoms with van der Waals surface area (Å²) < 4.78 is 5.58. The van der Waals surface area contributed by atoms with Crippen LogP contribution in [0.25, 0.3) is 10.8 Å². The molecule has 1 heterocycles. The Bertz CT molecular complexity index is 887. The number of hydrogen-bond acceptors (Lipinski definition) is 3. The fourth-order valence-electron chi connectivity index (χ4n) is 3.13. The number of aliphatic hydroxyl groups is 1. The molecule has 1 aliphatic rings.